The Hall–Kier alpha value is -0.310. The third-order valence-corrected chi connectivity index (χ3v) is 4.57. The van der Waals surface area contributed by atoms with Crippen LogP contribution in [0, 0.1) is 5.92 Å². The van der Waals surface area contributed by atoms with Crippen LogP contribution in [0.25, 0.3) is 5.69 Å². The lowest BCUT2D eigenvalue weighted by molar-refractivity contribution is 0.474. The molecule has 0 spiro atoms. The highest BCUT2D eigenvalue weighted by atomic mass is 79.9. The average molecular weight is 482 g/mol. The molecule has 1 heterocycles. The molecular formula is C13H16Br3N5. The predicted octanol–water partition coefficient (Wildman–Crippen LogP) is 4.26. The van der Waals surface area contributed by atoms with Gasteiger partial charge in [0.05, 0.1) is 11.7 Å². The van der Waals surface area contributed by atoms with Gasteiger partial charge in [0.2, 0.25) is 0 Å². The Bertz CT molecular complexity index is 603. The second kappa shape index (κ2) is 7.30. The molecule has 21 heavy (non-hydrogen) atoms. The van der Waals surface area contributed by atoms with Gasteiger partial charge in [-0.2, -0.15) is 4.68 Å². The van der Waals surface area contributed by atoms with Gasteiger partial charge in [0.1, 0.15) is 0 Å². The first-order valence-corrected chi connectivity index (χ1v) is 8.94. The van der Waals surface area contributed by atoms with E-state index in [1.165, 1.54) is 0 Å². The van der Waals surface area contributed by atoms with E-state index in [1.807, 2.05) is 12.1 Å². The molecule has 5 nitrogen and oxygen atoms in total. The van der Waals surface area contributed by atoms with Crippen LogP contribution in [0.15, 0.2) is 25.6 Å². The van der Waals surface area contributed by atoms with Crippen molar-refractivity contribution in [3.05, 3.63) is 31.4 Å². The highest BCUT2D eigenvalue weighted by molar-refractivity contribution is 9.11. The van der Waals surface area contributed by atoms with Gasteiger partial charge in [-0.3, -0.25) is 0 Å². The van der Waals surface area contributed by atoms with Crippen molar-refractivity contribution >= 4 is 47.8 Å². The molecule has 0 aliphatic carbocycles. The number of nitrogens with zero attached hydrogens (tertiary/aromatic N) is 4. The van der Waals surface area contributed by atoms with E-state index in [0.717, 1.165) is 31.5 Å². The van der Waals surface area contributed by atoms with E-state index in [2.05, 4.69) is 89.4 Å². The van der Waals surface area contributed by atoms with Crippen LogP contribution >= 0.6 is 47.8 Å². The zero-order chi connectivity index (χ0) is 15.6. The molecule has 2 aromatic rings. The first-order valence-electron chi connectivity index (χ1n) is 6.56. The minimum Gasteiger partial charge on any atom is -0.307 e. The van der Waals surface area contributed by atoms with E-state index < -0.39 is 0 Å². The standard InChI is InChI=1S/C13H16Br3N5/c1-7(2)6-17-8(3)13-18-19-20-21(13)12-10(15)4-9(14)5-11(12)16/h4-5,7-8,17H,6H2,1-3H3. The summed E-state index contributed by atoms with van der Waals surface area (Å²) in [6.45, 7) is 7.32. The van der Waals surface area contributed by atoms with E-state index in [-0.39, 0.29) is 6.04 Å². The van der Waals surface area contributed by atoms with Crippen molar-refractivity contribution in [3.8, 4) is 5.69 Å². The molecule has 1 atom stereocenters. The lowest BCUT2D eigenvalue weighted by Crippen LogP contribution is -2.26. The molecular weight excluding hydrogens is 466 g/mol. The van der Waals surface area contributed by atoms with Crippen LogP contribution in [0.3, 0.4) is 0 Å². The van der Waals surface area contributed by atoms with Gasteiger partial charge in [-0.15, -0.1) is 5.10 Å². The molecule has 0 amide bonds. The van der Waals surface area contributed by atoms with Crippen LogP contribution in [-0.2, 0) is 0 Å². The smallest absolute Gasteiger partial charge is 0.173 e. The van der Waals surface area contributed by atoms with E-state index >= 15 is 0 Å². The fourth-order valence-electron chi connectivity index (χ4n) is 1.86. The number of aromatic nitrogens is 4. The summed E-state index contributed by atoms with van der Waals surface area (Å²) in [7, 11) is 0. The first-order chi connectivity index (χ1) is 9.90. The molecule has 0 aliphatic rings. The van der Waals surface area contributed by atoms with Crippen LogP contribution in [0.2, 0.25) is 0 Å². The number of hydrogen-bond acceptors (Lipinski definition) is 4. The number of rotatable bonds is 5. The van der Waals surface area contributed by atoms with Gasteiger partial charge in [0.25, 0.3) is 0 Å². The molecule has 0 radical (unpaired) electrons. The van der Waals surface area contributed by atoms with Crippen LogP contribution in [0.5, 0.6) is 0 Å². The predicted molar refractivity (Wildman–Crippen MR) is 93.5 cm³/mol. The van der Waals surface area contributed by atoms with Gasteiger partial charge in [0.15, 0.2) is 5.82 Å². The van der Waals surface area contributed by atoms with E-state index in [4.69, 9.17) is 0 Å². The largest absolute Gasteiger partial charge is 0.307 e. The summed E-state index contributed by atoms with van der Waals surface area (Å²) >= 11 is 10.6. The number of halogens is 3. The van der Waals surface area contributed by atoms with Gasteiger partial charge in [-0.25, -0.2) is 0 Å². The van der Waals surface area contributed by atoms with E-state index in [0.29, 0.717) is 5.92 Å². The van der Waals surface area contributed by atoms with Crippen LogP contribution in [0.4, 0.5) is 0 Å². The SMILES string of the molecule is CC(C)CNC(C)c1nnnn1-c1c(Br)cc(Br)cc1Br. The van der Waals surface area contributed by atoms with Gasteiger partial charge in [-0.05, 0) is 73.8 Å². The third-order valence-electron chi connectivity index (χ3n) is 2.91. The van der Waals surface area contributed by atoms with Gasteiger partial charge < -0.3 is 5.32 Å². The number of hydrogen-bond donors (Lipinski definition) is 1. The molecule has 1 N–H and O–H groups in total. The summed E-state index contributed by atoms with van der Waals surface area (Å²) in [5, 5.41) is 15.5. The maximum Gasteiger partial charge on any atom is 0.173 e. The Balaban J connectivity index is 2.37. The van der Waals surface area contributed by atoms with Crippen molar-refractivity contribution in [2.24, 2.45) is 5.92 Å². The van der Waals surface area contributed by atoms with Gasteiger partial charge in [-0.1, -0.05) is 29.8 Å². The molecule has 1 aromatic carbocycles. The van der Waals surface area contributed by atoms with Crippen molar-refractivity contribution in [1.29, 1.82) is 0 Å². The lowest BCUT2D eigenvalue weighted by Gasteiger charge is -2.16. The lowest BCUT2D eigenvalue weighted by atomic mass is 10.2. The van der Waals surface area contributed by atoms with Crippen molar-refractivity contribution < 1.29 is 0 Å². The molecule has 2 rings (SSSR count). The summed E-state index contributed by atoms with van der Waals surface area (Å²) in [5.74, 6) is 1.35. The molecule has 1 unspecified atom stereocenters. The van der Waals surface area contributed by atoms with Crippen molar-refractivity contribution in [1.82, 2.24) is 25.5 Å². The van der Waals surface area contributed by atoms with Crippen LogP contribution in [-0.4, -0.2) is 26.8 Å². The number of nitrogens with one attached hydrogen (secondary N) is 1. The molecule has 0 saturated heterocycles. The topological polar surface area (TPSA) is 55.6 Å². The van der Waals surface area contributed by atoms with Crippen molar-refractivity contribution in [3.63, 3.8) is 0 Å². The molecule has 0 bridgehead atoms. The molecule has 0 saturated carbocycles. The Morgan fingerprint density at radius 2 is 1.76 bits per heavy atom. The fourth-order valence-corrected chi connectivity index (χ4v) is 4.46. The Morgan fingerprint density at radius 1 is 1.14 bits per heavy atom. The molecule has 1 aromatic heterocycles. The van der Waals surface area contributed by atoms with Gasteiger partial charge in [0, 0.05) is 13.4 Å². The fraction of sp³-hybridized carbons (Fsp3) is 0.462. The highest BCUT2D eigenvalue weighted by Gasteiger charge is 2.19. The first kappa shape index (κ1) is 17.1. The molecule has 114 valence electrons. The van der Waals surface area contributed by atoms with Crippen LogP contribution < -0.4 is 5.32 Å². The minimum absolute atomic E-state index is 0.0600. The number of tetrazole rings is 1. The van der Waals surface area contributed by atoms with Gasteiger partial charge >= 0.3 is 0 Å². The summed E-state index contributed by atoms with van der Waals surface area (Å²) in [6.07, 6.45) is 0. The normalized spacial score (nSPS) is 12.9. The zero-order valence-electron chi connectivity index (χ0n) is 11.9. The van der Waals surface area contributed by atoms with Crippen molar-refractivity contribution in [2.45, 2.75) is 26.8 Å². The van der Waals surface area contributed by atoms with Crippen LogP contribution in [0.1, 0.15) is 32.6 Å². The second-order valence-electron chi connectivity index (χ2n) is 5.19. The average Bonchev–Trinajstić information content (AvgIpc) is 2.83. The highest BCUT2D eigenvalue weighted by Crippen LogP contribution is 2.33. The van der Waals surface area contributed by atoms with E-state index in [9.17, 15) is 0 Å². The monoisotopic (exact) mass is 479 g/mol. The van der Waals surface area contributed by atoms with E-state index in [1.54, 1.807) is 4.68 Å². The Kier molecular flexibility index (Phi) is 5.93. The summed E-state index contributed by atoms with van der Waals surface area (Å²) in [5.41, 5.74) is 0.886. The molecule has 8 heteroatoms. The summed E-state index contributed by atoms with van der Waals surface area (Å²) in [4.78, 5) is 0. The van der Waals surface area contributed by atoms with Crippen molar-refractivity contribution in [2.75, 3.05) is 6.54 Å². The quantitative estimate of drug-likeness (QED) is 0.693. The summed E-state index contributed by atoms with van der Waals surface area (Å²) in [6, 6.07) is 4.00. The number of benzene rings is 1. The second-order valence-corrected chi connectivity index (χ2v) is 7.82. The maximum absolute atomic E-state index is 4.16. The maximum atomic E-state index is 4.16. The minimum atomic E-state index is 0.0600. The Labute approximate surface area is 149 Å². The molecule has 0 aliphatic heterocycles. The summed E-state index contributed by atoms with van der Waals surface area (Å²) < 4.78 is 4.55. The zero-order valence-corrected chi connectivity index (χ0v) is 16.7. The Morgan fingerprint density at radius 3 is 2.33 bits per heavy atom. The molecule has 0 fully saturated rings. The third kappa shape index (κ3) is 4.12.